The van der Waals surface area contributed by atoms with Crippen molar-refractivity contribution in [1.82, 2.24) is 0 Å². The van der Waals surface area contributed by atoms with Crippen molar-refractivity contribution in [1.29, 1.82) is 0 Å². The Morgan fingerprint density at radius 2 is 1.93 bits per heavy atom. The Labute approximate surface area is 78.5 Å². The molecule has 0 aliphatic heterocycles. The molecule has 0 spiro atoms. The van der Waals surface area contributed by atoms with E-state index in [9.17, 15) is 17.6 Å². The number of rotatable bonds is 2. The van der Waals surface area contributed by atoms with Crippen LogP contribution in [0.3, 0.4) is 0 Å². The maximum atomic E-state index is 12.6. The molecule has 0 aliphatic carbocycles. The van der Waals surface area contributed by atoms with E-state index in [1.54, 1.807) is 0 Å². The van der Waals surface area contributed by atoms with Crippen LogP contribution < -0.4 is 5.73 Å². The van der Waals surface area contributed by atoms with Gasteiger partial charge >= 0.3 is 6.18 Å². The molecule has 2 N–H and O–H groups in total. The van der Waals surface area contributed by atoms with Crippen molar-refractivity contribution < 1.29 is 17.6 Å². The zero-order valence-corrected chi connectivity index (χ0v) is 7.18. The second-order valence-corrected chi connectivity index (χ2v) is 2.98. The van der Waals surface area contributed by atoms with E-state index in [0.29, 0.717) is 0 Å². The highest BCUT2D eigenvalue weighted by atomic mass is 19.4. The van der Waals surface area contributed by atoms with Crippen molar-refractivity contribution in [3.8, 4) is 0 Å². The Morgan fingerprint density at radius 1 is 1.29 bits per heavy atom. The minimum absolute atomic E-state index is 0.155. The minimum atomic E-state index is -4.33. The summed E-state index contributed by atoms with van der Waals surface area (Å²) in [6, 6.07) is 3.67. The zero-order chi connectivity index (χ0) is 10.8. The molecule has 0 saturated carbocycles. The number of nitrogens with two attached hydrogens (primary N) is 1. The van der Waals surface area contributed by atoms with Gasteiger partial charge in [0.15, 0.2) is 0 Å². The topological polar surface area (TPSA) is 26.0 Å². The van der Waals surface area contributed by atoms with Crippen LogP contribution in [0.5, 0.6) is 0 Å². The second kappa shape index (κ2) is 3.96. The molecule has 0 heterocycles. The summed E-state index contributed by atoms with van der Waals surface area (Å²) in [6.07, 6.45) is -5.47. The number of alkyl halides is 3. The van der Waals surface area contributed by atoms with Crippen molar-refractivity contribution in [2.45, 2.75) is 18.6 Å². The van der Waals surface area contributed by atoms with Gasteiger partial charge in [-0.2, -0.15) is 13.2 Å². The van der Waals surface area contributed by atoms with Gasteiger partial charge in [-0.1, -0.05) is 12.1 Å². The first-order valence-electron chi connectivity index (χ1n) is 3.96. The van der Waals surface area contributed by atoms with Crippen molar-refractivity contribution in [2.24, 2.45) is 5.73 Å². The van der Waals surface area contributed by atoms with Gasteiger partial charge in [0.1, 0.15) is 5.82 Å². The van der Waals surface area contributed by atoms with Gasteiger partial charge in [-0.25, -0.2) is 4.39 Å². The average Bonchev–Trinajstić information content (AvgIpc) is 2.01. The summed E-state index contributed by atoms with van der Waals surface area (Å²) < 4.78 is 48.4. The molecule has 1 aromatic rings. The Morgan fingerprint density at radius 3 is 2.43 bits per heavy atom. The van der Waals surface area contributed by atoms with E-state index in [-0.39, 0.29) is 5.56 Å². The smallest absolute Gasteiger partial charge is 0.324 e. The highest BCUT2D eigenvalue weighted by Crippen LogP contribution is 2.27. The molecule has 1 nitrogen and oxygen atoms in total. The Hall–Kier alpha value is -1.10. The number of halogens is 4. The van der Waals surface area contributed by atoms with E-state index in [0.717, 1.165) is 12.1 Å². The van der Waals surface area contributed by atoms with Crippen LogP contribution in [0.15, 0.2) is 24.3 Å². The molecule has 0 fully saturated rings. The third kappa shape index (κ3) is 3.33. The van der Waals surface area contributed by atoms with Crippen LogP contribution in [0, 0.1) is 5.82 Å². The van der Waals surface area contributed by atoms with Crippen LogP contribution in [0.2, 0.25) is 0 Å². The molecule has 0 aliphatic rings. The normalized spacial score (nSPS) is 14.1. The largest absolute Gasteiger partial charge is 0.390 e. The summed E-state index contributed by atoms with van der Waals surface area (Å²) in [5.41, 5.74) is 5.42. The van der Waals surface area contributed by atoms with Gasteiger partial charge in [0.25, 0.3) is 0 Å². The summed E-state index contributed by atoms with van der Waals surface area (Å²) in [5, 5.41) is 0. The highest BCUT2D eigenvalue weighted by Gasteiger charge is 2.30. The van der Waals surface area contributed by atoms with Gasteiger partial charge in [0, 0.05) is 6.04 Å². The molecule has 0 amide bonds. The van der Waals surface area contributed by atoms with Gasteiger partial charge in [-0.05, 0) is 17.7 Å². The third-order valence-corrected chi connectivity index (χ3v) is 1.73. The zero-order valence-electron chi connectivity index (χ0n) is 7.18. The molecular formula is C9H9F4N. The van der Waals surface area contributed by atoms with Crippen LogP contribution in [0.25, 0.3) is 0 Å². The van der Waals surface area contributed by atoms with E-state index in [2.05, 4.69) is 0 Å². The maximum Gasteiger partial charge on any atom is 0.390 e. The molecule has 78 valence electrons. The highest BCUT2D eigenvalue weighted by molar-refractivity contribution is 5.19. The Kier molecular flexibility index (Phi) is 3.10. The molecule has 1 aromatic carbocycles. The second-order valence-electron chi connectivity index (χ2n) is 2.98. The molecule has 14 heavy (non-hydrogen) atoms. The summed E-state index contributed by atoms with van der Waals surface area (Å²) >= 11 is 0. The van der Waals surface area contributed by atoms with Crippen LogP contribution in [-0.4, -0.2) is 6.18 Å². The average molecular weight is 207 g/mol. The molecule has 5 heteroatoms. The lowest BCUT2D eigenvalue weighted by atomic mass is 10.0. The summed E-state index contributed by atoms with van der Waals surface area (Å²) in [7, 11) is 0. The fourth-order valence-corrected chi connectivity index (χ4v) is 1.10. The summed E-state index contributed by atoms with van der Waals surface area (Å²) in [4.78, 5) is 0. The van der Waals surface area contributed by atoms with E-state index in [1.807, 2.05) is 0 Å². The van der Waals surface area contributed by atoms with E-state index in [1.165, 1.54) is 12.1 Å². The van der Waals surface area contributed by atoms with Gasteiger partial charge in [0.2, 0.25) is 0 Å². The minimum Gasteiger partial charge on any atom is -0.324 e. The molecule has 0 saturated heterocycles. The number of benzene rings is 1. The van der Waals surface area contributed by atoms with E-state index >= 15 is 0 Å². The fourth-order valence-electron chi connectivity index (χ4n) is 1.10. The molecule has 0 aromatic heterocycles. The SMILES string of the molecule is N[C@H](CC(F)(F)F)c1cccc(F)c1. The Balaban J connectivity index is 2.74. The van der Waals surface area contributed by atoms with Crippen LogP contribution in [0.1, 0.15) is 18.0 Å². The monoisotopic (exact) mass is 207 g/mol. The Bertz CT molecular complexity index is 308. The first-order chi connectivity index (χ1) is 6.38. The van der Waals surface area contributed by atoms with E-state index < -0.39 is 24.5 Å². The molecule has 0 radical (unpaired) electrons. The van der Waals surface area contributed by atoms with Gasteiger partial charge in [-0.3, -0.25) is 0 Å². The van der Waals surface area contributed by atoms with Crippen molar-refractivity contribution in [3.63, 3.8) is 0 Å². The maximum absolute atomic E-state index is 12.6. The lowest BCUT2D eigenvalue weighted by Crippen LogP contribution is -2.20. The summed E-state index contributed by atoms with van der Waals surface area (Å²) in [5.74, 6) is -0.583. The van der Waals surface area contributed by atoms with Crippen LogP contribution >= 0.6 is 0 Å². The van der Waals surface area contributed by atoms with E-state index in [4.69, 9.17) is 5.73 Å². The van der Waals surface area contributed by atoms with Crippen molar-refractivity contribution in [2.75, 3.05) is 0 Å². The lowest BCUT2D eigenvalue weighted by molar-refractivity contribution is -0.138. The molecule has 0 bridgehead atoms. The number of hydrogen-bond donors (Lipinski definition) is 1. The van der Waals surface area contributed by atoms with Crippen molar-refractivity contribution >= 4 is 0 Å². The standard InChI is InChI=1S/C9H9F4N/c10-7-3-1-2-6(4-7)8(14)5-9(11,12)13/h1-4,8H,5,14H2/t8-/m1/s1. The molecule has 1 rings (SSSR count). The van der Waals surface area contributed by atoms with Gasteiger partial charge in [-0.15, -0.1) is 0 Å². The third-order valence-electron chi connectivity index (χ3n) is 1.73. The predicted molar refractivity (Wildman–Crippen MR) is 44.0 cm³/mol. The van der Waals surface area contributed by atoms with Gasteiger partial charge in [0.05, 0.1) is 6.42 Å². The summed E-state index contributed by atoms with van der Waals surface area (Å²) in [6.45, 7) is 0. The quantitative estimate of drug-likeness (QED) is 0.741. The molecular weight excluding hydrogens is 198 g/mol. The van der Waals surface area contributed by atoms with Crippen molar-refractivity contribution in [3.05, 3.63) is 35.6 Å². The molecule has 1 atom stereocenters. The first kappa shape index (κ1) is 11.0. The number of hydrogen-bond acceptors (Lipinski definition) is 1. The fraction of sp³-hybridized carbons (Fsp3) is 0.333. The predicted octanol–water partition coefficient (Wildman–Crippen LogP) is 2.78. The van der Waals surface area contributed by atoms with Gasteiger partial charge < -0.3 is 5.73 Å². The lowest BCUT2D eigenvalue weighted by Gasteiger charge is -2.14. The first-order valence-corrected chi connectivity index (χ1v) is 3.96. The van der Waals surface area contributed by atoms with Crippen LogP contribution in [-0.2, 0) is 0 Å². The molecule has 0 unspecified atom stereocenters. The van der Waals surface area contributed by atoms with Crippen LogP contribution in [0.4, 0.5) is 17.6 Å².